The van der Waals surface area contributed by atoms with Crippen molar-refractivity contribution in [3.63, 3.8) is 0 Å². The highest BCUT2D eigenvalue weighted by Crippen LogP contribution is 2.33. The van der Waals surface area contributed by atoms with Gasteiger partial charge in [0.1, 0.15) is 0 Å². The zero-order valence-corrected chi connectivity index (χ0v) is 18.3. The van der Waals surface area contributed by atoms with Crippen molar-refractivity contribution in [2.75, 3.05) is 5.32 Å². The molecule has 160 valence electrons. The summed E-state index contributed by atoms with van der Waals surface area (Å²) in [5, 5.41) is 11.5. The number of carbonyl (C=O) groups is 1. The van der Waals surface area contributed by atoms with Crippen LogP contribution in [0.15, 0.2) is 101 Å². The molecule has 5 rings (SSSR count). The lowest BCUT2D eigenvalue weighted by molar-refractivity contribution is 0.102. The fraction of sp³-hybridized carbons (Fsp3) is 0. The Kier molecular flexibility index (Phi) is 5.95. The molecule has 3 heterocycles. The van der Waals surface area contributed by atoms with Gasteiger partial charge in [-0.05, 0) is 66.7 Å². The number of H-pyrrole nitrogens is 1. The highest BCUT2D eigenvalue weighted by atomic mass is 32.2. The van der Waals surface area contributed by atoms with Crippen molar-refractivity contribution < 1.29 is 4.79 Å². The molecule has 0 aliphatic rings. The van der Waals surface area contributed by atoms with Gasteiger partial charge in [0.2, 0.25) is 0 Å². The minimum atomic E-state index is -0.171. The number of nitrogens with zero attached hydrogens (tertiary/aromatic N) is 3. The quantitative estimate of drug-likeness (QED) is 0.336. The number of amides is 1. The lowest BCUT2D eigenvalue weighted by Crippen LogP contribution is -2.12. The number of benzene rings is 2. The second kappa shape index (κ2) is 9.50. The first-order valence-corrected chi connectivity index (χ1v) is 11.1. The first-order chi connectivity index (χ1) is 16.3. The molecule has 7 heteroatoms. The van der Waals surface area contributed by atoms with Crippen LogP contribution in [0.2, 0.25) is 0 Å². The van der Waals surface area contributed by atoms with E-state index in [0.717, 1.165) is 32.1 Å². The fourth-order valence-electron chi connectivity index (χ4n) is 3.35. The zero-order valence-electron chi connectivity index (χ0n) is 17.5. The molecule has 0 bridgehead atoms. The largest absolute Gasteiger partial charge is 0.321 e. The summed E-state index contributed by atoms with van der Waals surface area (Å²) in [4.78, 5) is 23.1. The first kappa shape index (κ1) is 20.7. The molecule has 0 aliphatic heterocycles. The van der Waals surface area contributed by atoms with Gasteiger partial charge in [-0.2, -0.15) is 5.10 Å². The number of anilines is 1. The predicted octanol–water partition coefficient (Wildman–Crippen LogP) is 5.93. The Bertz CT molecular complexity index is 1430. The second-order valence-corrected chi connectivity index (χ2v) is 8.31. The van der Waals surface area contributed by atoms with Crippen LogP contribution in [-0.4, -0.2) is 26.1 Å². The highest BCUT2D eigenvalue weighted by molar-refractivity contribution is 7.99. The van der Waals surface area contributed by atoms with Gasteiger partial charge in [0.05, 0.1) is 34.4 Å². The number of carbonyl (C=O) groups excluding carboxylic acids is 1. The van der Waals surface area contributed by atoms with Crippen LogP contribution in [0.4, 0.5) is 5.69 Å². The van der Waals surface area contributed by atoms with E-state index in [1.807, 2.05) is 78.9 Å². The molecule has 0 saturated heterocycles. The summed E-state index contributed by atoms with van der Waals surface area (Å²) in [6.45, 7) is 0. The third-order valence-electron chi connectivity index (χ3n) is 4.94. The van der Waals surface area contributed by atoms with Crippen LogP contribution in [0, 0.1) is 0 Å². The summed E-state index contributed by atoms with van der Waals surface area (Å²) < 4.78 is 0. The first-order valence-electron chi connectivity index (χ1n) is 10.3. The second-order valence-electron chi connectivity index (χ2n) is 7.20. The summed E-state index contributed by atoms with van der Waals surface area (Å²) in [7, 11) is 0. The average Bonchev–Trinajstić information content (AvgIpc) is 3.26. The van der Waals surface area contributed by atoms with Gasteiger partial charge >= 0.3 is 0 Å². The Hall–Kier alpha value is -4.23. The van der Waals surface area contributed by atoms with Crippen LogP contribution < -0.4 is 5.32 Å². The molecule has 0 spiro atoms. The standard InChI is InChI=1S/C26H19N5OS/c32-26(29-19-7-5-14-27-17-19)22-8-1-2-9-25(22)33-20-11-12-21-23(30-31-24(21)16-20)13-10-18-6-3-4-15-28-18/h1-17H,(H,29,32)(H,30,31)/b13-10+. The molecule has 0 aliphatic carbocycles. The van der Waals surface area contributed by atoms with Gasteiger partial charge in [0, 0.05) is 27.6 Å². The molecule has 0 unspecified atom stereocenters. The average molecular weight is 450 g/mol. The summed E-state index contributed by atoms with van der Waals surface area (Å²) in [6, 6.07) is 23.1. The molecule has 33 heavy (non-hydrogen) atoms. The van der Waals surface area contributed by atoms with Gasteiger partial charge in [-0.15, -0.1) is 0 Å². The minimum Gasteiger partial charge on any atom is -0.321 e. The molecule has 2 N–H and O–H groups in total. The highest BCUT2D eigenvalue weighted by Gasteiger charge is 2.13. The van der Waals surface area contributed by atoms with Gasteiger partial charge < -0.3 is 5.32 Å². The molecule has 0 saturated carbocycles. The molecule has 0 radical (unpaired) electrons. The lowest BCUT2D eigenvalue weighted by Gasteiger charge is -2.10. The van der Waals surface area contributed by atoms with Crippen LogP contribution in [0.25, 0.3) is 23.1 Å². The Morgan fingerprint density at radius 2 is 1.85 bits per heavy atom. The van der Waals surface area contributed by atoms with E-state index in [1.54, 1.807) is 24.7 Å². The summed E-state index contributed by atoms with van der Waals surface area (Å²) >= 11 is 1.54. The van der Waals surface area contributed by atoms with E-state index in [9.17, 15) is 4.79 Å². The number of hydrogen-bond acceptors (Lipinski definition) is 5. The number of fused-ring (bicyclic) bond motifs is 1. The number of aromatic amines is 1. The summed E-state index contributed by atoms with van der Waals surface area (Å²) in [5.41, 5.74) is 3.92. The van der Waals surface area contributed by atoms with E-state index in [0.29, 0.717) is 11.3 Å². The Morgan fingerprint density at radius 1 is 0.939 bits per heavy atom. The van der Waals surface area contributed by atoms with Crippen molar-refractivity contribution in [2.45, 2.75) is 9.79 Å². The van der Waals surface area contributed by atoms with Gasteiger partial charge in [-0.25, -0.2) is 0 Å². The van der Waals surface area contributed by atoms with E-state index in [4.69, 9.17) is 0 Å². The van der Waals surface area contributed by atoms with E-state index >= 15 is 0 Å². The topological polar surface area (TPSA) is 83.6 Å². The maximum atomic E-state index is 12.8. The SMILES string of the molecule is O=C(Nc1cccnc1)c1ccccc1Sc1ccc2c(/C=C/c3ccccn3)n[nH]c2c1. The molecule has 2 aromatic carbocycles. The number of pyridine rings is 2. The van der Waals surface area contributed by atoms with Crippen molar-refractivity contribution in [3.8, 4) is 0 Å². The summed E-state index contributed by atoms with van der Waals surface area (Å²) in [5.74, 6) is -0.171. The Balaban J connectivity index is 1.37. The molecule has 1 amide bonds. The van der Waals surface area contributed by atoms with E-state index in [1.165, 1.54) is 11.8 Å². The van der Waals surface area contributed by atoms with E-state index in [-0.39, 0.29) is 5.91 Å². The third kappa shape index (κ3) is 4.83. The molecule has 5 aromatic rings. The van der Waals surface area contributed by atoms with Crippen LogP contribution >= 0.6 is 11.8 Å². The molecular weight excluding hydrogens is 430 g/mol. The molecule has 0 fully saturated rings. The van der Waals surface area contributed by atoms with Crippen LogP contribution in [-0.2, 0) is 0 Å². The van der Waals surface area contributed by atoms with Gasteiger partial charge in [-0.3, -0.25) is 19.9 Å². The zero-order chi connectivity index (χ0) is 22.5. The monoisotopic (exact) mass is 449 g/mol. The maximum Gasteiger partial charge on any atom is 0.256 e. The molecule has 0 atom stereocenters. The minimum absolute atomic E-state index is 0.171. The number of hydrogen-bond donors (Lipinski definition) is 2. The van der Waals surface area contributed by atoms with Crippen molar-refractivity contribution in [1.29, 1.82) is 0 Å². The van der Waals surface area contributed by atoms with Crippen LogP contribution in [0.3, 0.4) is 0 Å². The maximum absolute atomic E-state index is 12.8. The Labute approximate surface area is 194 Å². The predicted molar refractivity (Wildman–Crippen MR) is 132 cm³/mol. The van der Waals surface area contributed by atoms with Crippen LogP contribution in [0.5, 0.6) is 0 Å². The normalized spacial score (nSPS) is 11.2. The molecule has 3 aromatic heterocycles. The van der Waals surface area contributed by atoms with E-state index < -0.39 is 0 Å². The Morgan fingerprint density at radius 3 is 2.70 bits per heavy atom. The smallest absolute Gasteiger partial charge is 0.256 e. The molecular formula is C26H19N5OS. The number of aromatic nitrogens is 4. The fourth-order valence-corrected chi connectivity index (χ4v) is 4.34. The van der Waals surface area contributed by atoms with Crippen LogP contribution in [0.1, 0.15) is 21.7 Å². The van der Waals surface area contributed by atoms with Gasteiger partial charge in [0.25, 0.3) is 5.91 Å². The number of rotatable bonds is 6. The van der Waals surface area contributed by atoms with E-state index in [2.05, 4.69) is 25.5 Å². The third-order valence-corrected chi connectivity index (χ3v) is 6.01. The van der Waals surface area contributed by atoms with Crippen molar-refractivity contribution >= 4 is 46.4 Å². The number of nitrogens with one attached hydrogen (secondary N) is 2. The summed E-state index contributed by atoms with van der Waals surface area (Å²) in [6.07, 6.45) is 8.95. The van der Waals surface area contributed by atoms with Crippen molar-refractivity contribution in [1.82, 2.24) is 20.2 Å². The van der Waals surface area contributed by atoms with Gasteiger partial charge in [0.15, 0.2) is 0 Å². The van der Waals surface area contributed by atoms with Crippen molar-refractivity contribution in [3.05, 3.63) is 108 Å². The molecule has 6 nitrogen and oxygen atoms in total. The lowest BCUT2D eigenvalue weighted by atomic mass is 10.2. The van der Waals surface area contributed by atoms with Crippen molar-refractivity contribution in [2.24, 2.45) is 0 Å². The van der Waals surface area contributed by atoms with Gasteiger partial charge in [-0.1, -0.05) is 30.0 Å².